The largest absolute Gasteiger partial charge is 0.367 e. The fourth-order valence-corrected chi connectivity index (χ4v) is 3.89. The number of nitrogens with zero attached hydrogens (tertiary/aromatic N) is 5. The number of halogens is 1. The molecule has 4 N–H and O–H groups in total. The zero-order valence-electron chi connectivity index (χ0n) is 17.2. The average molecular weight is 437 g/mol. The van der Waals surface area contributed by atoms with Gasteiger partial charge in [-0.2, -0.15) is 10.2 Å². The molecule has 5 rings (SSSR count). The van der Waals surface area contributed by atoms with Crippen LogP contribution >= 0.6 is 12.4 Å². The van der Waals surface area contributed by atoms with Crippen LogP contribution in [0.2, 0.25) is 0 Å². The van der Waals surface area contributed by atoms with Gasteiger partial charge in [-0.3, -0.25) is 9.78 Å². The predicted molar refractivity (Wildman–Crippen MR) is 124 cm³/mol. The van der Waals surface area contributed by atoms with Crippen LogP contribution in [0.4, 0.5) is 5.82 Å². The van der Waals surface area contributed by atoms with Crippen molar-refractivity contribution in [2.24, 2.45) is 18.7 Å². The number of nitrogens with one attached hydrogen (secondary N) is 2. The molecule has 1 aliphatic rings. The molecule has 0 bridgehead atoms. The Morgan fingerprint density at radius 1 is 1.13 bits per heavy atom. The van der Waals surface area contributed by atoms with Crippen molar-refractivity contribution < 1.29 is 0 Å². The van der Waals surface area contributed by atoms with Gasteiger partial charge in [0.05, 0.1) is 12.4 Å². The first-order chi connectivity index (χ1) is 14.7. The summed E-state index contributed by atoms with van der Waals surface area (Å²) in [5.41, 5.74) is 10.8. The van der Waals surface area contributed by atoms with E-state index in [1.165, 1.54) is 0 Å². The number of benzene rings is 1. The third-order valence-corrected chi connectivity index (χ3v) is 5.67. The molecule has 1 saturated carbocycles. The van der Waals surface area contributed by atoms with Gasteiger partial charge < -0.3 is 11.1 Å². The lowest BCUT2D eigenvalue weighted by Crippen LogP contribution is -2.39. The van der Waals surface area contributed by atoms with E-state index in [1.807, 2.05) is 44.0 Å². The number of hydrogen-bond acceptors (Lipinski definition) is 6. The van der Waals surface area contributed by atoms with Gasteiger partial charge in [-0.05, 0) is 36.9 Å². The van der Waals surface area contributed by atoms with E-state index in [4.69, 9.17) is 10.7 Å². The maximum absolute atomic E-state index is 5.79. The topological polar surface area (TPSA) is 110 Å². The molecular weight excluding hydrogens is 412 g/mol. The van der Waals surface area contributed by atoms with Gasteiger partial charge in [0, 0.05) is 53.9 Å². The maximum Gasteiger partial charge on any atom is 0.161 e. The summed E-state index contributed by atoms with van der Waals surface area (Å²) in [6.07, 6.45) is 11.5. The van der Waals surface area contributed by atoms with E-state index in [2.05, 4.69) is 37.7 Å². The van der Waals surface area contributed by atoms with Crippen molar-refractivity contribution >= 4 is 18.2 Å². The number of aromatic amines is 1. The highest BCUT2D eigenvalue weighted by molar-refractivity contribution is 5.85. The van der Waals surface area contributed by atoms with E-state index in [-0.39, 0.29) is 12.4 Å². The number of aromatic nitrogens is 6. The molecule has 1 fully saturated rings. The summed E-state index contributed by atoms with van der Waals surface area (Å²) in [7, 11) is 1.92. The molecule has 160 valence electrons. The first-order valence-corrected chi connectivity index (χ1v) is 10.1. The molecule has 1 aromatic carbocycles. The number of nitrogens with two attached hydrogens (primary N) is 1. The molecule has 0 atom stereocenters. The fourth-order valence-electron chi connectivity index (χ4n) is 3.89. The van der Waals surface area contributed by atoms with Gasteiger partial charge in [-0.1, -0.05) is 18.2 Å². The van der Waals surface area contributed by atoms with Crippen LogP contribution in [-0.2, 0) is 7.05 Å². The van der Waals surface area contributed by atoms with Crippen LogP contribution in [-0.4, -0.2) is 42.5 Å². The van der Waals surface area contributed by atoms with Gasteiger partial charge in [0.1, 0.15) is 5.82 Å². The second-order valence-corrected chi connectivity index (χ2v) is 7.84. The number of rotatable bonds is 6. The van der Waals surface area contributed by atoms with Gasteiger partial charge >= 0.3 is 0 Å². The number of aryl methyl sites for hydroxylation is 1. The number of hydrogen-bond donors (Lipinski definition) is 3. The standard InChI is InChI=1S/C22H24N8.ClH/c1-30-13-18(11-27-30)15-3-2-4-16(7-15)21-24-12-20(17-9-25-26-10-17)22(29-21)28-19-5-14(6-19)8-23;/h2-4,7,9-14,19H,5-6,8,23H2,1H3,(H,25,26)(H,24,28,29);1H. The van der Waals surface area contributed by atoms with Crippen molar-refractivity contribution in [2.45, 2.75) is 18.9 Å². The molecule has 9 heteroatoms. The molecule has 0 saturated heterocycles. The molecule has 3 aromatic heterocycles. The van der Waals surface area contributed by atoms with Crippen LogP contribution in [0.3, 0.4) is 0 Å². The van der Waals surface area contributed by atoms with Crippen molar-refractivity contribution in [3.8, 4) is 33.6 Å². The van der Waals surface area contributed by atoms with E-state index >= 15 is 0 Å². The minimum absolute atomic E-state index is 0. The SMILES string of the molecule is Cl.Cn1cc(-c2cccc(-c3ncc(-c4cn[nH]c4)c(NC4CC(CN)C4)n3)c2)cn1. The highest BCUT2D eigenvalue weighted by Gasteiger charge is 2.29. The Balaban J connectivity index is 0.00000231. The van der Waals surface area contributed by atoms with Crippen LogP contribution in [0.5, 0.6) is 0 Å². The summed E-state index contributed by atoms with van der Waals surface area (Å²) < 4.78 is 1.80. The zero-order chi connectivity index (χ0) is 20.5. The molecule has 0 radical (unpaired) electrons. The molecular formula is C22H25ClN8. The highest BCUT2D eigenvalue weighted by atomic mass is 35.5. The van der Waals surface area contributed by atoms with E-state index in [0.717, 1.165) is 53.0 Å². The Hall–Kier alpha value is -3.23. The average Bonchev–Trinajstić information content (AvgIpc) is 3.42. The van der Waals surface area contributed by atoms with Gasteiger partial charge in [-0.25, -0.2) is 9.97 Å². The first kappa shape index (κ1) is 21.0. The second-order valence-electron chi connectivity index (χ2n) is 7.84. The van der Waals surface area contributed by atoms with E-state index in [9.17, 15) is 0 Å². The smallest absolute Gasteiger partial charge is 0.161 e. The summed E-state index contributed by atoms with van der Waals surface area (Å²) in [6, 6.07) is 8.61. The summed E-state index contributed by atoms with van der Waals surface area (Å²) in [4.78, 5) is 9.55. The third-order valence-electron chi connectivity index (χ3n) is 5.67. The Labute approximate surface area is 186 Å². The lowest BCUT2D eigenvalue weighted by molar-refractivity contribution is 0.291. The van der Waals surface area contributed by atoms with Crippen LogP contribution in [0.1, 0.15) is 12.8 Å². The Bertz CT molecular complexity index is 1150. The zero-order valence-corrected chi connectivity index (χ0v) is 18.0. The molecule has 3 heterocycles. The molecule has 1 aliphatic carbocycles. The van der Waals surface area contributed by atoms with Gasteiger partial charge in [0.15, 0.2) is 5.82 Å². The van der Waals surface area contributed by atoms with Crippen LogP contribution in [0.15, 0.2) is 55.2 Å². The van der Waals surface area contributed by atoms with Crippen molar-refractivity contribution in [2.75, 3.05) is 11.9 Å². The summed E-state index contributed by atoms with van der Waals surface area (Å²) >= 11 is 0. The molecule has 8 nitrogen and oxygen atoms in total. The fraction of sp³-hybridized carbons (Fsp3) is 0.273. The van der Waals surface area contributed by atoms with E-state index in [1.54, 1.807) is 10.9 Å². The van der Waals surface area contributed by atoms with Crippen molar-refractivity contribution in [3.05, 3.63) is 55.2 Å². The first-order valence-electron chi connectivity index (χ1n) is 10.1. The van der Waals surface area contributed by atoms with Gasteiger partial charge in [0.2, 0.25) is 0 Å². The van der Waals surface area contributed by atoms with Crippen LogP contribution in [0, 0.1) is 5.92 Å². The minimum atomic E-state index is 0. The van der Waals surface area contributed by atoms with Crippen molar-refractivity contribution in [1.82, 2.24) is 29.9 Å². The Morgan fingerprint density at radius 2 is 1.97 bits per heavy atom. The van der Waals surface area contributed by atoms with Gasteiger partial charge in [0.25, 0.3) is 0 Å². The maximum atomic E-state index is 5.79. The highest BCUT2D eigenvalue weighted by Crippen LogP contribution is 2.34. The molecule has 0 aliphatic heterocycles. The normalized spacial score (nSPS) is 17.6. The number of anilines is 1. The van der Waals surface area contributed by atoms with Crippen molar-refractivity contribution in [3.63, 3.8) is 0 Å². The summed E-state index contributed by atoms with van der Waals surface area (Å²) in [6.45, 7) is 0.739. The van der Waals surface area contributed by atoms with Gasteiger partial charge in [-0.15, -0.1) is 12.4 Å². The van der Waals surface area contributed by atoms with Crippen LogP contribution < -0.4 is 11.1 Å². The van der Waals surface area contributed by atoms with Crippen molar-refractivity contribution in [1.29, 1.82) is 0 Å². The Kier molecular flexibility index (Phi) is 6.01. The second kappa shape index (κ2) is 8.87. The van der Waals surface area contributed by atoms with E-state index < -0.39 is 0 Å². The molecule has 0 amide bonds. The molecule has 31 heavy (non-hydrogen) atoms. The molecule has 4 aromatic rings. The Morgan fingerprint density at radius 3 is 2.68 bits per heavy atom. The monoisotopic (exact) mass is 436 g/mol. The predicted octanol–water partition coefficient (Wildman–Crippen LogP) is 3.51. The summed E-state index contributed by atoms with van der Waals surface area (Å²) in [5, 5.41) is 14.8. The lowest BCUT2D eigenvalue weighted by atomic mass is 9.80. The minimum Gasteiger partial charge on any atom is -0.367 e. The molecule has 0 unspecified atom stereocenters. The third kappa shape index (κ3) is 4.30. The number of H-pyrrole nitrogens is 1. The molecule has 0 spiro atoms. The van der Waals surface area contributed by atoms with Crippen LogP contribution in [0.25, 0.3) is 33.6 Å². The lowest BCUT2D eigenvalue weighted by Gasteiger charge is -2.35. The van der Waals surface area contributed by atoms with E-state index in [0.29, 0.717) is 17.8 Å². The summed E-state index contributed by atoms with van der Waals surface area (Å²) in [5.74, 6) is 2.11. The quantitative estimate of drug-likeness (QED) is 0.426.